The zero-order valence-corrected chi connectivity index (χ0v) is 13.1. The predicted molar refractivity (Wildman–Crippen MR) is 81.8 cm³/mol. The topological polar surface area (TPSA) is 43.1 Å². The van der Waals surface area contributed by atoms with Gasteiger partial charge in [0.1, 0.15) is 0 Å². The van der Waals surface area contributed by atoms with Gasteiger partial charge in [-0.2, -0.15) is 0 Å². The summed E-state index contributed by atoms with van der Waals surface area (Å²) < 4.78 is 13.4. The molecule has 2 N–H and O–H groups in total. The Morgan fingerprint density at radius 2 is 2.22 bits per heavy atom. The lowest BCUT2D eigenvalue weighted by Crippen LogP contribution is -2.24. The Bertz CT molecular complexity index is 429. The fourth-order valence-electron chi connectivity index (χ4n) is 2.60. The van der Waals surface area contributed by atoms with Gasteiger partial charge in [-0.05, 0) is 30.9 Å². The van der Waals surface area contributed by atoms with Crippen LogP contribution in [0.15, 0.2) is 22.7 Å². The smallest absolute Gasteiger partial charge is 0.0520 e. The monoisotopic (exact) mass is 329 g/mol. The van der Waals surface area contributed by atoms with E-state index < -0.39 is 10.8 Å². The number of anilines is 1. The van der Waals surface area contributed by atoms with Gasteiger partial charge in [0.2, 0.25) is 0 Å². The number of rotatable bonds is 3. The summed E-state index contributed by atoms with van der Waals surface area (Å²) in [6.45, 7) is 2.26. The lowest BCUT2D eigenvalue weighted by atomic mass is 9.91. The fraction of sp³-hybridized carbons (Fsp3) is 0.571. The van der Waals surface area contributed by atoms with Crippen LogP contribution in [0.4, 0.5) is 5.69 Å². The number of nitrogens with two attached hydrogens (primary N) is 1. The van der Waals surface area contributed by atoms with Gasteiger partial charge in [0, 0.05) is 31.8 Å². The Kier molecular flexibility index (Phi) is 4.84. The molecule has 1 aliphatic rings. The van der Waals surface area contributed by atoms with Crippen molar-refractivity contribution >= 4 is 32.4 Å². The first-order valence-electron chi connectivity index (χ1n) is 6.48. The van der Waals surface area contributed by atoms with Crippen molar-refractivity contribution in [1.82, 2.24) is 0 Å². The highest BCUT2D eigenvalue weighted by Crippen LogP contribution is 2.30. The molecule has 0 aromatic heterocycles. The summed E-state index contributed by atoms with van der Waals surface area (Å²) in [6, 6.07) is 5.75. The van der Waals surface area contributed by atoms with Crippen LogP contribution in [0.3, 0.4) is 0 Å². The van der Waals surface area contributed by atoms with E-state index in [-0.39, 0.29) is 0 Å². The van der Waals surface area contributed by atoms with Crippen LogP contribution in [-0.4, -0.2) is 9.46 Å². The minimum Gasteiger partial charge on any atom is -0.398 e. The molecule has 1 fully saturated rings. The molecule has 2 rings (SSSR count). The van der Waals surface area contributed by atoms with E-state index >= 15 is 0 Å². The van der Waals surface area contributed by atoms with Crippen LogP contribution < -0.4 is 5.73 Å². The van der Waals surface area contributed by atoms with Crippen LogP contribution >= 0.6 is 15.9 Å². The molecule has 100 valence electrons. The molecule has 3 atom stereocenters. The van der Waals surface area contributed by atoms with Crippen LogP contribution in [0, 0.1) is 5.92 Å². The third-order valence-electron chi connectivity index (χ3n) is 3.70. The molecule has 1 aromatic rings. The second-order valence-corrected chi connectivity index (χ2v) is 7.80. The average Bonchev–Trinajstić information content (AvgIpc) is 2.34. The van der Waals surface area contributed by atoms with E-state index in [2.05, 4.69) is 22.9 Å². The number of hydrogen-bond donors (Lipinski definition) is 1. The second kappa shape index (κ2) is 6.20. The van der Waals surface area contributed by atoms with Gasteiger partial charge in [0.05, 0.1) is 5.75 Å². The van der Waals surface area contributed by atoms with Crippen LogP contribution in [0.2, 0.25) is 0 Å². The van der Waals surface area contributed by atoms with Gasteiger partial charge in [0.25, 0.3) is 0 Å². The number of hydrogen-bond acceptors (Lipinski definition) is 2. The molecule has 18 heavy (non-hydrogen) atoms. The molecule has 0 radical (unpaired) electrons. The summed E-state index contributed by atoms with van der Waals surface area (Å²) in [5.41, 5.74) is 7.69. The maximum atomic E-state index is 12.5. The van der Waals surface area contributed by atoms with Crippen LogP contribution in [0.5, 0.6) is 0 Å². The van der Waals surface area contributed by atoms with E-state index in [1.807, 2.05) is 18.2 Å². The first-order chi connectivity index (χ1) is 8.58. The molecule has 0 amide bonds. The van der Waals surface area contributed by atoms with Crippen molar-refractivity contribution in [2.24, 2.45) is 5.92 Å². The molecule has 0 bridgehead atoms. The third kappa shape index (κ3) is 3.35. The zero-order valence-electron chi connectivity index (χ0n) is 10.7. The first-order valence-corrected chi connectivity index (χ1v) is 8.65. The highest BCUT2D eigenvalue weighted by Gasteiger charge is 2.24. The van der Waals surface area contributed by atoms with Crippen molar-refractivity contribution in [1.29, 1.82) is 0 Å². The molecule has 1 saturated carbocycles. The Labute approximate surface area is 120 Å². The summed E-state index contributed by atoms with van der Waals surface area (Å²) in [5, 5.41) is 0.347. The van der Waals surface area contributed by atoms with Crippen LogP contribution in [-0.2, 0) is 16.6 Å². The number of halogens is 1. The molecular formula is C14H20BrNOS. The lowest BCUT2D eigenvalue weighted by Gasteiger charge is -2.26. The summed E-state index contributed by atoms with van der Waals surface area (Å²) in [7, 11) is -0.809. The van der Waals surface area contributed by atoms with E-state index in [4.69, 9.17) is 5.73 Å². The minimum absolute atomic E-state index is 0.347. The molecule has 1 aliphatic carbocycles. The number of benzene rings is 1. The van der Waals surface area contributed by atoms with E-state index in [1.54, 1.807) is 0 Å². The lowest BCUT2D eigenvalue weighted by molar-refractivity contribution is 0.389. The van der Waals surface area contributed by atoms with E-state index in [1.165, 1.54) is 12.8 Å². The Morgan fingerprint density at radius 1 is 1.44 bits per heavy atom. The molecule has 1 aromatic carbocycles. The third-order valence-corrected chi connectivity index (χ3v) is 6.19. The van der Waals surface area contributed by atoms with Crippen molar-refractivity contribution in [3.63, 3.8) is 0 Å². The molecule has 0 saturated heterocycles. The maximum Gasteiger partial charge on any atom is 0.0520 e. The number of nitrogen functional groups attached to an aromatic ring is 1. The Morgan fingerprint density at radius 3 is 2.89 bits per heavy atom. The zero-order chi connectivity index (χ0) is 13.1. The van der Waals surface area contributed by atoms with Gasteiger partial charge in [-0.15, -0.1) is 0 Å². The maximum absolute atomic E-state index is 12.5. The van der Waals surface area contributed by atoms with Crippen LogP contribution in [0.25, 0.3) is 0 Å². The quantitative estimate of drug-likeness (QED) is 0.855. The summed E-state index contributed by atoms with van der Waals surface area (Å²) in [4.78, 5) is 0. The van der Waals surface area contributed by atoms with Gasteiger partial charge < -0.3 is 5.73 Å². The summed E-state index contributed by atoms with van der Waals surface area (Å²) >= 11 is 3.50. The molecule has 0 aliphatic heterocycles. The van der Waals surface area contributed by atoms with E-state index in [0.29, 0.717) is 16.9 Å². The summed E-state index contributed by atoms with van der Waals surface area (Å²) in [6.07, 6.45) is 4.69. The Balaban J connectivity index is 2.07. The standard InChI is InChI=1S/C14H20BrNOS/c1-10-4-2-5-11(8-10)18(17)9-12-13(15)6-3-7-14(12)16/h3,6-7,10-11H,2,4-5,8-9,16H2,1H3. The van der Waals surface area contributed by atoms with E-state index in [0.717, 1.165) is 28.6 Å². The fourth-order valence-corrected chi connectivity index (χ4v) is 5.13. The molecule has 4 heteroatoms. The first kappa shape index (κ1) is 14.1. The normalized spacial score (nSPS) is 25.9. The van der Waals surface area contributed by atoms with Crippen molar-refractivity contribution in [3.05, 3.63) is 28.2 Å². The van der Waals surface area contributed by atoms with Crippen molar-refractivity contribution in [3.8, 4) is 0 Å². The predicted octanol–water partition coefficient (Wildman–Crippen LogP) is 3.86. The SMILES string of the molecule is CC1CCCC(S(=O)Cc2c(N)cccc2Br)C1. The van der Waals surface area contributed by atoms with Crippen molar-refractivity contribution in [2.75, 3.05) is 5.73 Å². The highest BCUT2D eigenvalue weighted by atomic mass is 79.9. The van der Waals surface area contributed by atoms with E-state index in [9.17, 15) is 4.21 Å². The van der Waals surface area contributed by atoms with Crippen LogP contribution in [0.1, 0.15) is 38.2 Å². The van der Waals surface area contributed by atoms with Crippen molar-refractivity contribution in [2.45, 2.75) is 43.6 Å². The van der Waals surface area contributed by atoms with Gasteiger partial charge >= 0.3 is 0 Å². The second-order valence-electron chi connectivity index (χ2n) is 5.23. The van der Waals surface area contributed by atoms with Crippen molar-refractivity contribution < 1.29 is 4.21 Å². The average molecular weight is 330 g/mol. The summed E-state index contributed by atoms with van der Waals surface area (Å²) in [5.74, 6) is 1.29. The van der Waals surface area contributed by atoms with Gasteiger partial charge in [-0.3, -0.25) is 4.21 Å². The molecule has 2 nitrogen and oxygen atoms in total. The largest absolute Gasteiger partial charge is 0.398 e. The molecule has 0 heterocycles. The highest BCUT2D eigenvalue weighted by molar-refractivity contribution is 9.10. The van der Waals surface area contributed by atoms with Gasteiger partial charge in [-0.25, -0.2) is 0 Å². The molecule has 3 unspecified atom stereocenters. The van der Waals surface area contributed by atoms with Gasteiger partial charge in [0.15, 0.2) is 0 Å². The molecule has 0 spiro atoms. The Hall–Kier alpha value is -0.350. The van der Waals surface area contributed by atoms with Gasteiger partial charge in [-0.1, -0.05) is 41.8 Å². The molecular weight excluding hydrogens is 310 g/mol. The minimum atomic E-state index is -0.809.